The summed E-state index contributed by atoms with van der Waals surface area (Å²) in [5.74, 6) is 1.23. The Morgan fingerprint density at radius 3 is 1.72 bits per heavy atom. The predicted molar refractivity (Wildman–Crippen MR) is 216 cm³/mol. The van der Waals surface area contributed by atoms with Gasteiger partial charge < -0.3 is 4.57 Å². The van der Waals surface area contributed by atoms with Crippen molar-refractivity contribution >= 4 is 21.8 Å². The average Bonchev–Trinajstić information content (AvgIpc) is 3.59. The van der Waals surface area contributed by atoms with Crippen molar-refractivity contribution in [3.63, 3.8) is 0 Å². The SMILES string of the molecule is N#Cc1ccc(-c2ccc3c(c2)c2ccccc2n3-c2cc(-c3ccccc3C(F)(F)F)ccc2-c2nc(-c3ccccc3)nc(-c3ccccc3)n2)c(C#N)c1. The summed E-state index contributed by atoms with van der Waals surface area (Å²) in [6.07, 6.45) is -4.59. The van der Waals surface area contributed by atoms with Crippen LogP contribution < -0.4 is 0 Å². The van der Waals surface area contributed by atoms with E-state index in [1.807, 2.05) is 108 Å². The minimum Gasteiger partial charge on any atom is -0.308 e. The third-order valence-corrected chi connectivity index (χ3v) is 9.98. The van der Waals surface area contributed by atoms with E-state index in [1.165, 1.54) is 12.1 Å². The van der Waals surface area contributed by atoms with Gasteiger partial charge in [0.25, 0.3) is 0 Å². The molecule has 0 fully saturated rings. The number of alkyl halides is 3. The van der Waals surface area contributed by atoms with Crippen LogP contribution in [0.5, 0.6) is 0 Å². The summed E-state index contributed by atoms with van der Waals surface area (Å²) in [4.78, 5) is 14.9. The molecule has 0 bridgehead atoms. The maximum Gasteiger partial charge on any atom is 0.417 e. The molecule has 0 N–H and O–H groups in total. The van der Waals surface area contributed by atoms with Crippen LogP contribution in [0.25, 0.3) is 83.9 Å². The molecule has 0 unspecified atom stereocenters. The zero-order chi connectivity index (χ0) is 39.1. The maximum absolute atomic E-state index is 14.5. The third kappa shape index (κ3) is 6.33. The van der Waals surface area contributed by atoms with Crippen molar-refractivity contribution in [2.45, 2.75) is 6.18 Å². The van der Waals surface area contributed by atoms with Crippen molar-refractivity contribution in [2.75, 3.05) is 0 Å². The number of hydrogen-bond donors (Lipinski definition) is 0. The van der Waals surface area contributed by atoms with Crippen LogP contribution in [-0.4, -0.2) is 19.5 Å². The standard InChI is InChI=1S/C48H27F3N6/c49-48(50,51)41-17-9-7-15-37(41)34-20-23-39(47-55-45(31-11-3-1-4-12-31)54-46(56-47)32-13-5-2-6-14-32)44(27-34)57-42-18-10-8-16-38(42)40-26-33(21-24-43(40)57)36-22-19-30(28-52)25-35(36)29-53/h1-27H. The van der Waals surface area contributed by atoms with E-state index in [0.29, 0.717) is 51.0 Å². The van der Waals surface area contributed by atoms with Crippen molar-refractivity contribution in [2.24, 2.45) is 0 Å². The fourth-order valence-corrected chi connectivity index (χ4v) is 7.34. The summed E-state index contributed by atoms with van der Waals surface area (Å²) < 4.78 is 45.5. The summed E-state index contributed by atoms with van der Waals surface area (Å²) in [7, 11) is 0. The van der Waals surface area contributed by atoms with Crippen LogP contribution in [0.2, 0.25) is 0 Å². The molecule has 6 nitrogen and oxygen atoms in total. The summed E-state index contributed by atoms with van der Waals surface area (Å²) >= 11 is 0. The van der Waals surface area contributed by atoms with Crippen molar-refractivity contribution in [1.29, 1.82) is 10.5 Å². The largest absolute Gasteiger partial charge is 0.417 e. The van der Waals surface area contributed by atoms with Gasteiger partial charge in [0.2, 0.25) is 0 Å². The molecule has 0 aliphatic heterocycles. The van der Waals surface area contributed by atoms with Crippen LogP contribution in [0.15, 0.2) is 164 Å². The second kappa shape index (κ2) is 14.1. The van der Waals surface area contributed by atoms with E-state index in [1.54, 1.807) is 42.5 Å². The lowest BCUT2D eigenvalue weighted by Gasteiger charge is -2.18. The molecular weight excluding hydrogens is 718 g/mol. The van der Waals surface area contributed by atoms with Crippen LogP contribution >= 0.6 is 0 Å². The van der Waals surface area contributed by atoms with Gasteiger partial charge in [-0.25, -0.2) is 15.0 Å². The Kier molecular flexibility index (Phi) is 8.61. The molecular formula is C48H27F3N6. The molecule has 0 aliphatic carbocycles. The average molecular weight is 745 g/mol. The number of aromatic nitrogens is 4. The maximum atomic E-state index is 14.5. The molecule has 0 saturated heterocycles. The zero-order valence-corrected chi connectivity index (χ0v) is 29.9. The van der Waals surface area contributed by atoms with E-state index >= 15 is 0 Å². The highest BCUT2D eigenvalue weighted by Gasteiger charge is 2.33. The topological polar surface area (TPSA) is 91.2 Å². The molecule has 0 saturated carbocycles. The normalized spacial score (nSPS) is 11.4. The third-order valence-electron chi connectivity index (χ3n) is 9.98. The fourth-order valence-electron chi connectivity index (χ4n) is 7.34. The zero-order valence-electron chi connectivity index (χ0n) is 29.9. The number of nitriles is 2. The number of rotatable bonds is 6. The second-order valence-electron chi connectivity index (χ2n) is 13.4. The Balaban J connectivity index is 1.35. The lowest BCUT2D eigenvalue weighted by atomic mass is 9.96. The molecule has 0 amide bonds. The Morgan fingerprint density at radius 2 is 1.04 bits per heavy atom. The van der Waals surface area contributed by atoms with E-state index in [-0.39, 0.29) is 5.56 Å². The van der Waals surface area contributed by atoms with Gasteiger partial charge in [0.15, 0.2) is 17.5 Å². The summed E-state index contributed by atoms with van der Waals surface area (Å²) in [5.41, 5.74) is 6.12. The van der Waals surface area contributed by atoms with Crippen LogP contribution in [-0.2, 0) is 6.18 Å². The Hall–Kier alpha value is -7.88. The van der Waals surface area contributed by atoms with Gasteiger partial charge in [-0.05, 0) is 70.8 Å². The summed E-state index contributed by atoms with van der Waals surface area (Å²) in [5, 5.41) is 21.2. The van der Waals surface area contributed by atoms with Crippen molar-refractivity contribution in [3.05, 3.63) is 180 Å². The highest BCUT2D eigenvalue weighted by atomic mass is 19.4. The highest BCUT2D eigenvalue weighted by molar-refractivity contribution is 6.11. The first-order valence-corrected chi connectivity index (χ1v) is 18.0. The number of fused-ring (bicyclic) bond motifs is 3. The van der Waals surface area contributed by atoms with Gasteiger partial charge in [0.05, 0.1) is 45.5 Å². The quantitative estimate of drug-likeness (QED) is 0.169. The number of benzene rings is 7. The molecule has 9 aromatic rings. The number of nitrogens with zero attached hydrogens (tertiary/aromatic N) is 6. The molecule has 7 aromatic carbocycles. The number of para-hydroxylation sites is 1. The molecule has 9 rings (SSSR count). The first kappa shape index (κ1) is 34.9. The molecule has 0 aliphatic rings. The van der Waals surface area contributed by atoms with Gasteiger partial charge in [-0.1, -0.05) is 115 Å². The molecule has 9 heteroatoms. The molecule has 2 heterocycles. The summed E-state index contributed by atoms with van der Waals surface area (Å²) in [6, 6.07) is 52.9. The van der Waals surface area contributed by atoms with E-state index in [9.17, 15) is 23.7 Å². The number of halogens is 3. The molecule has 0 radical (unpaired) electrons. The summed E-state index contributed by atoms with van der Waals surface area (Å²) in [6.45, 7) is 0. The fraction of sp³-hybridized carbons (Fsp3) is 0.0208. The van der Waals surface area contributed by atoms with Crippen LogP contribution in [0.4, 0.5) is 13.2 Å². The van der Waals surface area contributed by atoms with E-state index in [4.69, 9.17) is 15.0 Å². The van der Waals surface area contributed by atoms with Crippen LogP contribution in [0, 0.1) is 22.7 Å². The minimum atomic E-state index is -4.59. The van der Waals surface area contributed by atoms with Crippen molar-refractivity contribution < 1.29 is 13.2 Å². The van der Waals surface area contributed by atoms with E-state index < -0.39 is 11.7 Å². The van der Waals surface area contributed by atoms with Gasteiger partial charge in [0.1, 0.15) is 0 Å². The smallest absolute Gasteiger partial charge is 0.308 e. The lowest BCUT2D eigenvalue weighted by molar-refractivity contribution is -0.137. The number of hydrogen-bond acceptors (Lipinski definition) is 5. The molecule has 57 heavy (non-hydrogen) atoms. The van der Waals surface area contributed by atoms with Crippen molar-refractivity contribution in [1.82, 2.24) is 19.5 Å². The second-order valence-corrected chi connectivity index (χ2v) is 13.4. The van der Waals surface area contributed by atoms with Gasteiger partial charge in [0, 0.05) is 27.5 Å². The predicted octanol–water partition coefficient (Wildman–Crippen LogP) is 12.1. The first-order valence-electron chi connectivity index (χ1n) is 18.0. The minimum absolute atomic E-state index is 0.0382. The molecule has 0 spiro atoms. The van der Waals surface area contributed by atoms with E-state index in [0.717, 1.165) is 44.6 Å². The van der Waals surface area contributed by atoms with Crippen molar-refractivity contribution in [3.8, 4) is 74.2 Å². The highest BCUT2D eigenvalue weighted by Crippen LogP contribution is 2.42. The monoisotopic (exact) mass is 744 g/mol. The van der Waals surface area contributed by atoms with Gasteiger partial charge in [-0.2, -0.15) is 23.7 Å². The van der Waals surface area contributed by atoms with E-state index in [2.05, 4.69) is 12.1 Å². The van der Waals surface area contributed by atoms with Gasteiger partial charge in [-0.3, -0.25) is 0 Å². The molecule has 0 atom stereocenters. The molecule has 2 aromatic heterocycles. The molecule has 270 valence electrons. The Morgan fingerprint density at radius 1 is 0.456 bits per heavy atom. The van der Waals surface area contributed by atoms with Crippen LogP contribution in [0.1, 0.15) is 16.7 Å². The van der Waals surface area contributed by atoms with Crippen LogP contribution in [0.3, 0.4) is 0 Å². The lowest BCUT2D eigenvalue weighted by Crippen LogP contribution is -2.07. The Labute approximate surface area is 325 Å². The Bertz CT molecular complexity index is 3030. The first-order chi connectivity index (χ1) is 27.8. The van der Waals surface area contributed by atoms with Gasteiger partial charge >= 0.3 is 6.18 Å². The van der Waals surface area contributed by atoms with Gasteiger partial charge in [-0.15, -0.1) is 0 Å².